The zero-order chi connectivity index (χ0) is 18.0. The molecule has 0 atom stereocenters. The standard InChI is InChI=1S/C15H12BrF2N3O3/c1-20(7-8-4-9(16)2-3-11(8)17)15(22)10-5-14(21(23)24)13(19)6-12(10)18/h2-6H,7,19H2,1H3. The summed E-state index contributed by atoms with van der Waals surface area (Å²) >= 11 is 3.19. The van der Waals surface area contributed by atoms with E-state index in [2.05, 4.69) is 15.9 Å². The highest BCUT2D eigenvalue weighted by molar-refractivity contribution is 9.10. The second-order valence-electron chi connectivity index (χ2n) is 5.04. The first-order chi connectivity index (χ1) is 11.2. The summed E-state index contributed by atoms with van der Waals surface area (Å²) in [4.78, 5) is 23.5. The van der Waals surface area contributed by atoms with Crippen LogP contribution in [-0.4, -0.2) is 22.8 Å². The smallest absolute Gasteiger partial charge is 0.293 e. The fraction of sp³-hybridized carbons (Fsp3) is 0.133. The van der Waals surface area contributed by atoms with Crippen LogP contribution in [0, 0.1) is 21.7 Å². The van der Waals surface area contributed by atoms with Gasteiger partial charge in [-0.2, -0.15) is 0 Å². The van der Waals surface area contributed by atoms with Crippen LogP contribution in [0.15, 0.2) is 34.8 Å². The van der Waals surface area contributed by atoms with Crippen LogP contribution in [0.3, 0.4) is 0 Å². The number of carbonyl (C=O) groups is 1. The summed E-state index contributed by atoms with van der Waals surface area (Å²) in [5.41, 5.74) is 4.13. The Labute approximate surface area is 144 Å². The molecular weight excluding hydrogens is 388 g/mol. The van der Waals surface area contributed by atoms with E-state index >= 15 is 0 Å². The molecule has 24 heavy (non-hydrogen) atoms. The normalized spacial score (nSPS) is 10.5. The number of nitrogen functional groups attached to an aromatic ring is 1. The van der Waals surface area contributed by atoms with Crippen LogP contribution >= 0.6 is 15.9 Å². The number of anilines is 1. The average Bonchev–Trinajstić information content (AvgIpc) is 2.50. The highest BCUT2D eigenvalue weighted by Crippen LogP contribution is 2.26. The van der Waals surface area contributed by atoms with Crippen LogP contribution in [-0.2, 0) is 6.54 Å². The SMILES string of the molecule is CN(Cc1cc(Br)ccc1F)C(=O)c1cc([N+](=O)[O-])c(N)cc1F. The largest absolute Gasteiger partial charge is 0.393 e. The van der Waals surface area contributed by atoms with Crippen molar-refractivity contribution in [3.8, 4) is 0 Å². The Kier molecular flexibility index (Phi) is 5.13. The molecule has 0 heterocycles. The molecule has 0 saturated heterocycles. The molecule has 0 fully saturated rings. The van der Waals surface area contributed by atoms with E-state index < -0.39 is 33.7 Å². The molecule has 1 amide bonds. The van der Waals surface area contributed by atoms with Gasteiger partial charge >= 0.3 is 0 Å². The topological polar surface area (TPSA) is 89.5 Å². The molecule has 0 saturated carbocycles. The minimum Gasteiger partial charge on any atom is -0.393 e. The Hall–Kier alpha value is -2.55. The summed E-state index contributed by atoms with van der Waals surface area (Å²) in [6.45, 7) is -0.137. The fourth-order valence-electron chi connectivity index (χ4n) is 2.10. The number of nitro groups is 1. The van der Waals surface area contributed by atoms with Gasteiger partial charge in [-0.15, -0.1) is 0 Å². The number of halogens is 3. The molecule has 0 bridgehead atoms. The molecule has 9 heteroatoms. The molecule has 126 valence electrons. The van der Waals surface area contributed by atoms with Gasteiger partial charge in [0.05, 0.1) is 10.5 Å². The first kappa shape index (κ1) is 17.8. The lowest BCUT2D eigenvalue weighted by Gasteiger charge is -2.18. The predicted molar refractivity (Wildman–Crippen MR) is 87.4 cm³/mol. The number of nitro benzene ring substituents is 1. The minimum atomic E-state index is -0.982. The number of hydrogen-bond donors (Lipinski definition) is 1. The molecule has 0 aliphatic heterocycles. The maximum Gasteiger partial charge on any atom is 0.293 e. The lowest BCUT2D eigenvalue weighted by atomic mass is 10.1. The third kappa shape index (κ3) is 3.67. The van der Waals surface area contributed by atoms with Gasteiger partial charge in [0.15, 0.2) is 0 Å². The summed E-state index contributed by atoms with van der Waals surface area (Å²) in [7, 11) is 1.34. The van der Waals surface area contributed by atoms with Crippen LogP contribution in [0.4, 0.5) is 20.2 Å². The molecule has 0 radical (unpaired) electrons. The van der Waals surface area contributed by atoms with Gasteiger partial charge in [0.1, 0.15) is 17.3 Å². The Morgan fingerprint density at radius 1 is 1.29 bits per heavy atom. The molecular formula is C15H12BrF2N3O3. The molecule has 0 aliphatic carbocycles. The predicted octanol–water partition coefficient (Wildman–Crippen LogP) is 3.49. The Bertz CT molecular complexity index is 830. The third-order valence-corrected chi connectivity index (χ3v) is 3.80. The van der Waals surface area contributed by atoms with Gasteiger partial charge in [0.2, 0.25) is 0 Å². The number of benzene rings is 2. The van der Waals surface area contributed by atoms with Crippen molar-refractivity contribution in [3.05, 3.63) is 67.7 Å². The number of amides is 1. The molecule has 0 unspecified atom stereocenters. The number of rotatable bonds is 4. The van der Waals surface area contributed by atoms with E-state index in [0.29, 0.717) is 4.47 Å². The quantitative estimate of drug-likeness (QED) is 0.484. The summed E-state index contributed by atoms with van der Waals surface area (Å²) in [5, 5.41) is 10.9. The van der Waals surface area contributed by atoms with Gasteiger partial charge < -0.3 is 10.6 Å². The van der Waals surface area contributed by atoms with Crippen molar-refractivity contribution in [2.24, 2.45) is 0 Å². The van der Waals surface area contributed by atoms with Crippen molar-refractivity contribution >= 4 is 33.2 Å². The summed E-state index contributed by atoms with van der Waals surface area (Å²) in [6, 6.07) is 5.72. The van der Waals surface area contributed by atoms with E-state index in [9.17, 15) is 23.7 Å². The van der Waals surface area contributed by atoms with E-state index in [-0.39, 0.29) is 17.8 Å². The molecule has 6 nitrogen and oxygen atoms in total. The number of hydrogen-bond acceptors (Lipinski definition) is 4. The van der Waals surface area contributed by atoms with Crippen LogP contribution in [0.5, 0.6) is 0 Å². The van der Waals surface area contributed by atoms with Gasteiger partial charge in [-0.1, -0.05) is 15.9 Å². The van der Waals surface area contributed by atoms with Crippen LogP contribution < -0.4 is 5.73 Å². The lowest BCUT2D eigenvalue weighted by Crippen LogP contribution is -2.27. The highest BCUT2D eigenvalue weighted by Gasteiger charge is 2.23. The Morgan fingerprint density at radius 2 is 1.96 bits per heavy atom. The summed E-state index contributed by atoms with van der Waals surface area (Å²) < 4.78 is 28.3. The molecule has 2 N–H and O–H groups in total. The number of nitrogens with zero attached hydrogens (tertiary/aromatic N) is 2. The van der Waals surface area contributed by atoms with Crippen molar-refractivity contribution < 1.29 is 18.5 Å². The van der Waals surface area contributed by atoms with E-state index in [1.54, 1.807) is 0 Å². The first-order valence-electron chi connectivity index (χ1n) is 6.63. The third-order valence-electron chi connectivity index (χ3n) is 3.31. The molecule has 0 aromatic heterocycles. The Morgan fingerprint density at radius 3 is 2.58 bits per heavy atom. The molecule has 2 aromatic carbocycles. The summed E-state index contributed by atoms with van der Waals surface area (Å²) in [6.07, 6.45) is 0. The van der Waals surface area contributed by atoms with Gasteiger partial charge in [-0.25, -0.2) is 8.78 Å². The molecule has 2 rings (SSSR count). The van der Waals surface area contributed by atoms with Crippen molar-refractivity contribution in [1.82, 2.24) is 4.90 Å². The summed E-state index contributed by atoms with van der Waals surface area (Å²) in [5.74, 6) is -2.33. The van der Waals surface area contributed by atoms with E-state index in [4.69, 9.17) is 5.73 Å². The van der Waals surface area contributed by atoms with Crippen molar-refractivity contribution in [2.75, 3.05) is 12.8 Å². The van der Waals surface area contributed by atoms with E-state index in [1.807, 2.05) is 0 Å². The molecule has 0 aliphatic rings. The zero-order valence-corrected chi connectivity index (χ0v) is 14.0. The van der Waals surface area contributed by atoms with Crippen molar-refractivity contribution in [1.29, 1.82) is 0 Å². The maximum atomic E-state index is 14.0. The Balaban J connectivity index is 2.32. The maximum absolute atomic E-state index is 14.0. The minimum absolute atomic E-state index is 0.137. The second kappa shape index (κ2) is 6.91. The van der Waals surface area contributed by atoms with Crippen LogP contribution in [0.25, 0.3) is 0 Å². The fourth-order valence-corrected chi connectivity index (χ4v) is 2.51. The van der Waals surface area contributed by atoms with Crippen LogP contribution in [0.2, 0.25) is 0 Å². The monoisotopic (exact) mass is 399 g/mol. The number of nitrogens with two attached hydrogens (primary N) is 1. The first-order valence-corrected chi connectivity index (χ1v) is 7.42. The van der Waals surface area contributed by atoms with E-state index in [0.717, 1.165) is 17.0 Å². The second-order valence-corrected chi connectivity index (χ2v) is 5.96. The van der Waals surface area contributed by atoms with Crippen molar-refractivity contribution in [2.45, 2.75) is 6.54 Å². The van der Waals surface area contributed by atoms with Gasteiger partial charge in [-0.05, 0) is 18.2 Å². The lowest BCUT2D eigenvalue weighted by molar-refractivity contribution is -0.384. The van der Waals surface area contributed by atoms with Gasteiger partial charge in [-0.3, -0.25) is 14.9 Å². The van der Waals surface area contributed by atoms with Crippen molar-refractivity contribution in [3.63, 3.8) is 0 Å². The van der Waals surface area contributed by atoms with Gasteiger partial charge in [0.25, 0.3) is 11.6 Å². The molecule has 0 spiro atoms. The number of carbonyl (C=O) groups excluding carboxylic acids is 1. The van der Waals surface area contributed by atoms with Gasteiger partial charge in [0, 0.05) is 35.8 Å². The van der Waals surface area contributed by atoms with Crippen LogP contribution in [0.1, 0.15) is 15.9 Å². The van der Waals surface area contributed by atoms with E-state index in [1.165, 1.54) is 25.2 Å². The highest BCUT2D eigenvalue weighted by atomic mass is 79.9. The zero-order valence-electron chi connectivity index (χ0n) is 12.4. The average molecular weight is 400 g/mol. The molecule has 2 aromatic rings.